The normalized spacial score (nSPS) is 21.5. The van der Waals surface area contributed by atoms with Crippen LogP contribution < -0.4 is 9.47 Å². The van der Waals surface area contributed by atoms with Gasteiger partial charge in [-0.25, -0.2) is 8.78 Å². The van der Waals surface area contributed by atoms with E-state index in [4.69, 9.17) is 9.47 Å². The van der Waals surface area contributed by atoms with Crippen LogP contribution in [0.5, 0.6) is 11.5 Å². The molecule has 1 atom stereocenters. The van der Waals surface area contributed by atoms with Crippen molar-refractivity contribution in [2.75, 3.05) is 51.9 Å². The molecule has 2 saturated heterocycles. The van der Waals surface area contributed by atoms with Crippen LogP contribution in [0.4, 0.5) is 8.78 Å². The van der Waals surface area contributed by atoms with Crippen LogP contribution in [0.25, 0.3) is 0 Å². The number of β-amino-alcohol motifs (C(OH)–C–C–N with tert-alkyl or cyclic N) is 1. The fraction of sp³-hybridized carbons (Fsp3) is 0.727. The van der Waals surface area contributed by atoms with Crippen molar-refractivity contribution in [3.63, 3.8) is 0 Å². The molecule has 0 radical (unpaired) electrons. The Morgan fingerprint density at radius 1 is 1.23 bits per heavy atom. The number of ether oxygens (including phenoxy) is 2. The third kappa shape index (κ3) is 6.97. The molecule has 0 amide bonds. The molecule has 1 aromatic carbocycles. The Balaban J connectivity index is 1.48. The maximum atomic E-state index is 13.3. The highest BCUT2D eigenvalue weighted by atomic mass is 32.2. The number of alkyl halides is 2. The minimum atomic E-state index is -2.57. The summed E-state index contributed by atoms with van der Waals surface area (Å²) in [6.45, 7) is 1.89. The van der Waals surface area contributed by atoms with Crippen LogP contribution in [0, 0.1) is 0 Å². The van der Waals surface area contributed by atoms with E-state index in [1.54, 1.807) is 7.11 Å². The summed E-state index contributed by atoms with van der Waals surface area (Å²) in [4.78, 5) is 4.27. The lowest BCUT2D eigenvalue weighted by molar-refractivity contribution is -0.0628. The second-order valence-electron chi connectivity index (χ2n) is 8.37. The number of thioether (sulfide) groups is 1. The fourth-order valence-electron chi connectivity index (χ4n) is 4.07. The van der Waals surface area contributed by atoms with Crippen molar-refractivity contribution in [3.05, 3.63) is 23.8 Å². The van der Waals surface area contributed by atoms with Crippen molar-refractivity contribution < 1.29 is 23.4 Å². The topological polar surface area (TPSA) is 45.2 Å². The van der Waals surface area contributed by atoms with E-state index < -0.39 is 12.0 Å². The number of nitrogens with zero attached hydrogens (tertiary/aromatic N) is 2. The molecule has 3 rings (SSSR count). The molecule has 0 spiro atoms. The van der Waals surface area contributed by atoms with Crippen LogP contribution in [-0.2, 0) is 6.54 Å². The van der Waals surface area contributed by atoms with E-state index >= 15 is 0 Å². The summed E-state index contributed by atoms with van der Waals surface area (Å²) in [5.41, 5.74) is 1.16. The molecule has 2 aliphatic rings. The largest absolute Gasteiger partial charge is 0.493 e. The van der Waals surface area contributed by atoms with Gasteiger partial charge >= 0.3 is 0 Å². The van der Waals surface area contributed by atoms with E-state index in [0.717, 1.165) is 12.1 Å². The molecule has 2 aliphatic heterocycles. The number of likely N-dealkylation sites (tertiary alicyclic amines) is 1. The summed E-state index contributed by atoms with van der Waals surface area (Å²) < 4.78 is 37.8. The number of halogens is 2. The number of rotatable bonds is 9. The van der Waals surface area contributed by atoms with Crippen molar-refractivity contribution in [1.29, 1.82) is 0 Å². The zero-order chi connectivity index (χ0) is 21.6. The van der Waals surface area contributed by atoms with Crippen molar-refractivity contribution in [3.8, 4) is 11.5 Å². The van der Waals surface area contributed by atoms with Gasteiger partial charge in [0.25, 0.3) is 5.92 Å². The standard InChI is InChI=1S/C22H34F2N2O3S/c1-25(18-5-11-30-12-6-18)14-17-3-4-20(21(13-17)28-2)29-16-19(27)15-26-9-7-22(23,24)8-10-26/h3-4,13,18-19,27H,5-12,14-16H2,1-2H3. The molecule has 8 heteroatoms. The zero-order valence-electron chi connectivity index (χ0n) is 18.0. The van der Waals surface area contributed by atoms with Crippen LogP contribution in [-0.4, -0.2) is 84.9 Å². The van der Waals surface area contributed by atoms with Gasteiger partial charge in [-0.1, -0.05) is 6.07 Å². The van der Waals surface area contributed by atoms with Crippen molar-refractivity contribution in [2.45, 2.75) is 50.3 Å². The lowest BCUT2D eigenvalue weighted by Crippen LogP contribution is -2.44. The van der Waals surface area contributed by atoms with Crippen molar-refractivity contribution in [2.24, 2.45) is 0 Å². The first-order valence-corrected chi connectivity index (χ1v) is 11.9. The Morgan fingerprint density at radius 3 is 2.60 bits per heavy atom. The molecule has 1 N–H and O–H groups in total. The van der Waals surface area contributed by atoms with Crippen LogP contribution in [0.3, 0.4) is 0 Å². The third-order valence-corrected chi connectivity index (χ3v) is 7.01. The molecule has 1 unspecified atom stereocenters. The fourth-order valence-corrected chi connectivity index (χ4v) is 5.15. The first-order chi connectivity index (χ1) is 14.4. The second-order valence-corrected chi connectivity index (χ2v) is 9.59. The molecule has 0 saturated carbocycles. The van der Waals surface area contributed by atoms with Crippen LogP contribution in [0.2, 0.25) is 0 Å². The molecule has 1 aromatic rings. The minimum Gasteiger partial charge on any atom is -0.493 e. The lowest BCUT2D eigenvalue weighted by atomic mass is 10.1. The van der Waals surface area contributed by atoms with Gasteiger partial charge in [-0.2, -0.15) is 11.8 Å². The summed E-state index contributed by atoms with van der Waals surface area (Å²) in [6.07, 6.45) is 1.42. The maximum Gasteiger partial charge on any atom is 0.250 e. The SMILES string of the molecule is COc1cc(CN(C)C2CCSCC2)ccc1OCC(O)CN1CCC(F)(F)CC1. The van der Waals surface area contributed by atoms with E-state index in [2.05, 4.69) is 11.9 Å². The highest BCUT2D eigenvalue weighted by Crippen LogP contribution is 2.30. The highest BCUT2D eigenvalue weighted by molar-refractivity contribution is 7.99. The molecule has 0 aliphatic carbocycles. The predicted octanol–water partition coefficient (Wildman–Crippen LogP) is 3.49. The number of piperidine rings is 1. The number of aliphatic hydroxyl groups is 1. The molecule has 5 nitrogen and oxygen atoms in total. The van der Waals surface area contributed by atoms with E-state index in [-0.39, 0.29) is 19.4 Å². The van der Waals surface area contributed by atoms with E-state index in [0.29, 0.717) is 37.2 Å². The number of hydrogen-bond acceptors (Lipinski definition) is 6. The number of aliphatic hydroxyl groups excluding tert-OH is 1. The summed E-state index contributed by atoms with van der Waals surface area (Å²) in [5, 5.41) is 10.3. The average molecular weight is 445 g/mol. The third-order valence-electron chi connectivity index (χ3n) is 5.96. The van der Waals surface area contributed by atoms with Crippen molar-refractivity contribution >= 4 is 11.8 Å². The summed E-state index contributed by atoms with van der Waals surface area (Å²) in [7, 11) is 3.78. The Bertz CT molecular complexity index is 664. The van der Waals surface area contributed by atoms with Gasteiger partial charge in [0.1, 0.15) is 12.7 Å². The monoisotopic (exact) mass is 444 g/mol. The van der Waals surface area contributed by atoms with Gasteiger partial charge in [0, 0.05) is 45.1 Å². The number of benzene rings is 1. The van der Waals surface area contributed by atoms with Crippen LogP contribution >= 0.6 is 11.8 Å². The van der Waals surface area contributed by atoms with E-state index in [1.807, 2.05) is 34.9 Å². The molecule has 170 valence electrons. The highest BCUT2D eigenvalue weighted by Gasteiger charge is 2.34. The minimum absolute atomic E-state index is 0.0994. The average Bonchev–Trinajstić information content (AvgIpc) is 2.74. The summed E-state index contributed by atoms with van der Waals surface area (Å²) in [6, 6.07) is 6.53. The molecule has 30 heavy (non-hydrogen) atoms. The molecule has 0 aromatic heterocycles. The Kier molecular flexibility index (Phi) is 8.62. The van der Waals surface area contributed by atoms with E-state index in [1.165, 1.54) is 24.3 Å². The quantitative estimate of drug-likeness (QED) is 0.629. The zero-order valence-corrected chi connectivity index (χ0v) is 18.8. The Morgan fingerprint density at radius 2 is 1.93 bits per heavy atom. The maximum absolute atomic E-state index is 13.3. The van der Waals surface area contributed by atoms with Gasteiger partial charge in [0.2, 0.25) is 0 Å². The van der Waals surface area contributed by atoms with Gasteiger partial charge in [-0.05, 0) is 49.1 Å². The van der Waals surface area contributed by atoms with Crippen LogP contribution in [0.1, 0.15) is 31.2 Å². The van der Waals surface area contributed by atoms with Crippen molar-refractivity contribution in [1.82, 2.24) is 9.80 Å². The number of methoxy groups -OCH3 is 1. The summed E-state index contributed by atoms with van der Waals surface area (Å²) >= 11 is 2.03. The van der Waals surface area contributed by atoms with Gasteiger partial charge in [0.15, 0.2) is 11.5 Å². The number of hydrogen-bond donors (Lipinski definition) is 1. The van der Waals surface area contributed by atoms with Crippen LogP contribution in [0.15, 0.2) is 18.2 Å². The molecule has 2 heterocycles. The van der Waals surface area contributed by atoms with E-state index in [9.17, 15) is 13.9 Å². The second kappa shape index (κ2) is 11.0. The smallest absolute Gasteiger partial charge is 0.250 e. The first-order valence-electron chi connectivity index (χ1n) is 10.7. The molecular formula is C22H34F2N2O3S. The van der Waals surface area contributed by atoms with Gasteiger partial charge in [-0.3, -0.25) is 4.90 Å². The lowest BCUT2D eigenvalue weighted by Gasteiger charge is -2.32. The summed E-state index contributed by atoms with van der Waals surface area (Å²) in [5.74, 6) is 1.12. The van der Waals surface area contributed by atoms with Gasteiger partial charge in [0.05, 0.1) is 7.11 Å². The van der Waals surface area contributed by atoms with Gasteiger partial charge < -0.3 is 19.5 Å². The molecule has 0 bridgehead atoms. The Hall–Kier alpha value is -1.09. The Labute approximate surface area is 182 Å². The first kappa shape index (κ1) is 23.6. The molecular weight excluding hydrogens is 410 g/mol. The predicted molar refractivity (Wildman–Crippen MR) is 117 cm³/mol. The van der Waals surface area contributed by atoms with Gasteiger partial charge in [-0.15, -0.1) is 0 Å². The molecule has 2 fully saturated rings.